The maximum atomic E-state index is 8.43. The van der Waals surface area contributed by atoms with E-state index in [9.17, 15) is 0 Å². The van der Waals surface area contributed by atoms with Crippen molar-refractivity contribution in [3.63, 3.8) is 0 Å². The summed E-state index contributed by atoms with van der Waals surface area (Å²) in [5.74, 6) is 0.814. The van der Waals surface area contributed by atoms with Crippen molar-refractivity contribution in [2.75, 3.05) is 40.3 Å². The molecular weight excluding hydrogens is 162 g/mol. The van der Waals surface area contributed by atoms with Crippen LogP contribution in [0.1, 0.15) is 12.8 Å². The van der Waals surface area contributed by atoms with Crippen LogP contribution < -0.4 is 0 Å². The Morgan fingerprint density at radius 3 is 2.92 bits per heavy atom. The lowest BCUT2D eigenvalue weighted by Gasteiger charge is -2.19. The highest BCUT2D eigenvalue weighted by Gasteiger charge is 2.20. The first-order valence-corrected chi connectivity index (χ1v) is 4.96. The zero-order chi connectivity index (χ0) is 9.68. The Bertz CT molecular complexity index is 185. The van der Waals surface area contributed by atoms with Crippen molar-refractivity contribution in [1.29, 1.82) is 5.26 Å². The molecule has 0 amide bonds. The third kappa shape index (κ3) is 3.75. The van der Waals surface area contributed by atoms with Crippen LogP contribution in [0, 0.1) is 17.2 Å². The van der Waals surface area contributed by atoms with Gasteiger partial charge < -0.3 is 9.80 Å². The molecule has 1 unspecified atom stereocenters. The summed E-state index contributed by atoms with van der Waals surface area (Å²) in [5, 5.41) is 8.43. The highest BCUT2D eigenvalue weighted by molar-refractivity contribution is 4.77. The van der Waals surface area contributed by atoms with Crippen LogP contribution in [0.5, 0.6) is 0 Å². The Morgan fingerprint density at radius 1 is 1.62 bits per heavy atom. The molecule has 3 nitrogen and oxygen atoms in total. The lowest BCUT2D eigenvalue weighted by atomic mass is 10.1. The molecule has 0 aromatic carbocycles. The quantitative estimate of drug-likeness (QED) is 0.642. The first-order valence-electron chi connectivity index (χ1n) is 4.96. The SMILES string of the molecule is CN(CCC#N)CC1CCN(C)C1. The van der Waals surface area contributed by atoms with Crippen LogP contribution in [-0.4, -0.2) is 50.1 Å². The van der Waals surface area contributed by atoms with Gasteiger partial charge in [-0.2, -0.15) is 5.26 Å². The van der Waals surface area contributed by atoms with Crippen LogP contribution >= 0.6 is 0 Å². The second kappa shape index (κ2) is 5.21. The van der Waals surface area contributed by atoms with Gasteiger partial charge in [0.15, 0.2) is 0 Å². The Kier molecular flexibility index (Phi) is 4.20. The fraction of sp³-hybridized carbons (Fsp3) is 0.900. The topological polar surface area (TPSA) is 30.3 Å². The van der Waals surface area contributed by atoms with Crippen molar-refractivity contribution in [2.24, 2.45) is 5.92 Å². The predicted octanol–water partition coefficient (Wildman–Crippen LogP) is 0.784. The third-order valence-electron chi connectivity index (χ3n) is 2.66. The van der Waals surface area contributed by atoms with Gasteiger partial charge in [0.1, 0.15) is 0 Å². The number of hydrogen-bond acceptors (Lipinski definition) is 3. The number of rotatable bonds is 4. The van der Waals surface area contributed by atoms with Gasteiger partial charge in [-0.3, -0.25) is 0 Å². The minimum absolute atomic E-state index is 0.652. The molecule has 0 bridgehead atoms. The number of likely N-dealkylation sites (tertiary alicyclic amines) is 1. The van der Waals surface area contributed by atoms with Gasteiger partial charge in [-0.15, -0.1) is 0 Å². The van der Waals surface area contributed by atoms with Crippen LogP contribution in [-0.2, 0) is 0 Å². The van der Waals surface area contributed by atoms with Gasteiger partial charge in [-0.1, -0.05) is 0 Å². The minimum Gasteiger partial charge on any atom is -0.306 e. The lowest BCUT2D eigenvalue weighted by molar-refractivity contribution is 0.278. The molecule has 0 radical (unpaired) electrons. The molecule has 3 heteroatoms. The van der Waals surface area contributed by atoms with E-state index in [2.05, 4.69) is 30.0 Å². The zero-order valence-corrected chi connectivity index (χ0v) is 8.66. The van der Waals surface area contributed by atoms with Crippen molar-refractivity contribution in [1.82, 2.24) is 9.80 Å². The molecule has 0 saturated carbocycles. The van der Waals surface area contributed by atoms with Crippen molar-refractivity contribution in [3.8, 4) is 6.07 Å². The summed E-state index contributed by atoms with van der Waals surface area (Å²) in [6.45, 7) is 4.51. The van der Waals surface area contributed by atoms with E-state index in [-0.39, 0.29) is 0 Å². The Labute approximate surface area is 80.9 Å². The number of hydrogen-bond donors (Lipinski definition) is 0. The monoisotopic (exact) mass is 181 g/mol. The fourth-order valence-electron chi connectivity index (χ4n) is 1.95. The van der Waals surface area contributed by atoms with Crippen LogP contribution in [0.2, 0.25) is 0 Å². The standard InChI is InChI=1S/C10H19N3/c1-12(6-3-5-11)8-10-4-7-13(2)9-10/h10H,3-4,6-9H2,1-2H3. The lowest BCUT2D eigenvalue weighted by Crippen LogP contribution is -2.28. The van der Waals surface area contributed by atoms with Crippen molar-refractivity contribution in [3.05, 3.63) is 0 Å². The smallest absolute Gasteiger partial charge is 0.0635 e. The van der Waals surface area contributed by atoms with E-state index in [1.54, 1.807) is 0 Å². The summed E-state index contributed by atoms with van der Waals surface area (Å²) in [7, 11) is 4.28. The number of nitrogens with zero attached hydrogens (tertiary/aromatic N) is 3. The molecule has 0 aliphatic carbocycles. The first kappa shape index (κ1) is 10.5. The summed E-state index contributed by atoms with van der Waals surface area (Å²) in [4.78, 5) is 4.65. The summed E-state index contributed by atoms with van der Waals surface area (Å²) in [6.07, 6.45) is 1.96. The van der Waals surface area contributed by atoms with E-state index in [1.807, 2.05) is 0 Å². The van der Waals surface area contributed by atoms with Gasteiger partial charge in [0.05, 0.1) is 6.07 Å². The van der Waals surface area contributed by atoms with E-state index in [0.717, 1.165) is 19.0 Å². The molecule has 0 spiro atoms. The average Bonchev–Trinajstić information content (AvgIpc) is 2.48. The Hall–Kier alpha value is -0.590. The molecule has 13 heavy (non-hydrogen) atoms. The first-order chi connectivity index (χ1) is 6.22. The molecule has 1 fully saturated rings. The second-order valence-electron chi connectivity index (χ2n) is 4.09. The highest BCUT2D eigenvalue weighted by atomic mass is 15.1. The van der Waals surface area contributed by atoms with Crippen molar-refractivity contribution in [2.45, 2.75) is 12.8 Å². The zero-order valence-electron chi connectivity index (χ0n) is 8.66. The molecule has 0 aromatic rings. The summed E-state index contributed by atoms with van der Waals surface area (Å²) in [5.41, 5.74) is 0. The molecule has 1 atom stereocenters. The normalized spacial score (nSPS) is 23.7. The molecule has 1 heterocycles. The largest absolute Gasteiger partial charge is 0.306 e. The summed E-state index contributed by atoms with van der Waals surface area (Å²) < 4.78 is 0. The molecule has 1 aliphatic heterocycles. The molecule has 1 saturated heterocycles. The molecule has 74 valence electrons. The number of nitriles is 1. The summed E-state index contributed by atoms with van der Waals surface area (Å²) >= 11 is 0. The molecule has 0 aromatic heterocycles. The van der Waals surface area contributed by atoms with Crippen LogP contribution in [0.3, 0.4) is 0 Å². The summed E-state index contributed by atoms with van der Waals surface area (Å²) in [6, 6.07) is 2.18. The van der Waals surface area contributed by atoms with Gasteiger partial charge in [-0.25, -0.2) is 0 Å². The van der Waals surface area contributed by atoms with Gasteiger partial charge in [-0.05, 0) is 33.0 Å². The maximum Gasteiger partial charge on any atom is 0.0635 e. The second-order valence-corrected chi connectivity index (χ2v) is 4.09. The van der Waals surface area contributed by atoms with E-state index >= 15 is 0 Å². The predicted molar refractivity (Wildman–Crippen MR) is 53.3 cm³/mol. The third-order valence-corrected chi connectivity index (χ3v) is 2.66. The fourth-order valence-corrected chi connectivity index (χ4v) is 1.95. The Morgan fingerprint density at radius 2 is 2.38 bits per heavy atom. The Balaban J connectivity index is 2.14. The van der Waals surface area contributed by atoms with Gasteiger partial charge in [0.25, 0.3) is 0 Å². The highest BCUT2D eigenvalue weighted by Crippen LogP contribution is 2.14. The van der Waals surface area contributed by atoms with Crippen LogP contribution in [0.25, 0.3) is 0 Å². The van der Waals surface area contributed by atoms with Crippen LogP contribution in [0.15, 0.2) is 0 Å². The molecular formula is C10H19N3. The maximum absolute atomic E-state index is 8.43. The average molecular weight is 181 g/mol. The van der Waals surface area contributed by atoms with E-state index < -0.39 is 0 Å². The molecule has 0 N–H and O–H groups in total. The van der Waals surface area contributed by atoms with Crippen molar-refractivity contribution < 1.29 is 0 Å². The van der Waals surface area contributed by atoms with E-state index in [0.29, 0.717) is 6.42 Å². The van der Waals surface area contributed by atoms with E-state index in [1.165, 1.54) is 19.5 Å². The van der Waals surface area contributed by atoms with Crippen LogP contribution in [0.4, 0.5) is 0 Å². The van der Waals surface area contributed by atoms with Crippen molar-refractivity contribution >= 4 is 0 Å². The van der Waals surface area contributed by atoms with Gasteiger partial charge in [0, 0.05) is 26.1 Å². The van der Waals surface area contributed by atoms with Gasteiger partial charge in [0.2, 0.25) is 0 Å². The van der Waals surface area contributed by atoms with E-state index in [4.69, 9.17) is 5.26 Å². The molecule has 1 rings (SSSR count). The molecule has 1 aliphatic rings. The van der Waals surface area contributed by atoms with Gasteiger partial charge >= 0.3 is 0 Å². The minimum atomic E-state index is 0.652.